The number of nitrogens with one attached hydrogen (secondary N) is 3. The Labute approximate surface area is 183 Å². The Morgan fingerprint density at radius 1 is 0.806 bits per heavy atom. The first-order chi connectivity index (χ1) is 14.9. The summed E-state index contributed by atoms with van der Waals surface area (Å²) < 4.78 is 0. The second kappa shape index (κ2) is 12.5. The second-order valence-electron chi connectivity index (χ2n) is 7.86. The molecule has 0 aliphatic carbocycles. The van der Waals surface area contributed by atoms with E-state index >= 15 is 0 Å². The molecule has 7 nitrogen and oxygen atoms in total. The van der Waals surface area contributed by atoms with Gasteiger partial charge in [-0.05, 0) is 30.4 Å². The maximum absolute atomic E-state index is 12.7. The molecule has 2 aromatic rings. The van der Waals surface area contributed by atoms with Crippen LogP contribution in [-0.4, -0.2) is 23.8 Å². The van der Waals surface area contributed by atoms with Gasteiger partial charge in [-0.1, -0.05) is 74.5 Å². The lowest BCUT2D eigenvalue weighted by Gasteiger charge is -2.21. The highest BCUT2D eigenvalue weighted by Gasteiger charge is 2.30. The Bertz CT molecular complexity index is 840. The minimum absolute atomic E-state index is 0.109. The Morgan fingerprint density at radius 3 is 1.97 bits per heavy atom. The van der Waals surface area contributed by atoms with Crippen LogP contribution in [0.15, 0.2) is 60.7 Å². The summed E-state index contributed by atoms with van der Waals surface area (Å²) in [7, 11) is 0. The molecule has 0 aromatic heterocycles. The van der Waals surface area contributed by atoms with E-state index in [2.05, 4.69) is 16.1 Å². The molecule has 1 unspecified atom stereocenters. The van der Waals surface area contributed by atoms with Crippen LogP contribution in [-0.2, 0) is 32.4 Å². The molecule has 0 saturated carbocycles. The normalized spacial score (nSPS) is 12.6. The molecule has 0 heterocycles. The first-order valence-electron chi connectivity index (χ1n) is 10.4. The summed E-state index contributed by atoms with van der Waals surface area (Å²) in [6.45, 7) is 6.00. The minimum Gasteiger partial charge on any atom is -0.350 e. The van der Waals surface area contributed by atoms with Crippen molar-refractivity contribution in [3.63, 3.8) is 0 Å². The molecule has 3 amide bonds. The first kappa shape index (κ1) is 24.1. The molecule has 7 heteroatoms. The fourth-order valence-corrected chi connectivity index (χ4v) is 2.96. The molecule has 2 rings (SSSR count). The van der Waals surface area contributed by atoms with Crippen molar-refractivity contribution >= 4 is 17.7 Å². The molecule has 166 valence electrons. The summed E-state index contributed by atoms with van der Waals surface area (Å²) in [6.07, 6.45) is 0.338. The lowest BCUT2D eigenvalue weighted by Crippen LogP contribution is -2.49. The number of hydrogen-bond acceptors (Lipinski definition) is 4. The van der Waals surface area contributed by atoms with Crippen LogP contribution in [0.2, 0.25) is 0 Å². The van der Waals surface area contributed by atoms with Gasteiger partial charge in [-0.15, -0.1) is 0 Å². The fourth-order valence-electron chi connectivity index (χ4n) is 2.96. The van der Waals surface area contributed by atoms with Gasteiger partial charge in [0.25, 0.3) is 5.91 Å². The van der Waals surface area contributed by atoms with Crippen molar-refractivity contribution in [1.82, 2.24) is 16.1 Å². The Hall–Kier alpha value is -3.19. The van der Waals surface area contributed by atoms with Crippen molar-refractivity contribution in [3.8, 4) is 0 Å². The van der Waals surface area contributed by atoms with Crippen LogP contribution in [0.4, 0.5) is 0 Å². The zero-order valence-corrected chi connectivity index (χ0v) is 18.3. The highest BCUT2D eigenvalue weighted by atomic mass is 16.6. The van der Waals surface area contributed by atoms with Crippen molar-refractivity contribution in [2.75, 3.05) is 0 Å². The van der Waals surface area contributed by atoms with Gasteiger partial charge in [0.1, 0.15) is 12.0 Å². The standard InChI is InChI=1S/C24H31N3O4/c1-17(2)14-21(24(30)27-31-16-20-12-8-5-9-13-20)23(29)26-18(3)22(28)25-15-19-10-6-4-7-11-19/h4-13,17-18,21H,14-16H2,1-3H3,(H,25,28)(H,26,29)(H,27,30)/t18-,21?/m0/s1. The largest absolute Gasteiger partial charge is 0.350 e. The Balaban J connectivity index is 1.86. The van der Waals surface area contributed by atoms with Gasteiger partial charge < -0.3 is 10.6 Å². The van der Waals surface area contributed by atoms with E-state index in [1.807, 2.05) is 74.5 Å². The van der Waals surface area contributed by atoms with E-state index in [9.17, 15) is 14.4 Å². The van der Waals surface area contributed by atoms with Gasteiger partial charge in [0.2, 0.25) is 11.8 Å². The van der Waals surface area contributed by atoms with Crippen LogP contribution in [0, 0.1) is 11.8 Å². The van der Waals surface area contributed by atoms with Gasteiger partial charge in [-0.25, -0.2) is 5.48 Å². The zero-order chi connectivity index (χ0) is 22.6. The van der Waals surface area contributed by atoms with E-state index in [1.54, 1.807) is 6.92 Å². The zero-order valence-electron chi connectivity index (χ0n) is 18.3. The maximum Gasteiger partial charge on any atom is 0.256 e. The predicted octanol–water partition coefficient (Wildman–Crippen LogP) is 2.72. The first-order valence-corrected chi connectivity index (χ1v) is 10.4. The smallest absolute Gasteiger partial charge is 0.256 e. The number of rotatable bonds is 11. The van der Waals surface area contributed by atoms with E-state index in [1.165, 1.54) is 0 Å². The topological polar surface area (TPSA) is 96.5 Å². The van der Waals surface area contributed by atoms with Crippen molar-refractivity contribution < 1.29 is 19.2 Å². The third kappa shape index (κ3) is 8.60. The van der Waals surface area contributed by atoms with E-state index in [0.29, 0.717) is 13.0 Å². The van der Waals surface area contributed by atoms with Crippen molar-refractivity contribution in [2.45, 2.75) is 46.4 Å². The van der Waals surface area contributed by atoms with Crippen LogP contribution < -0.4 is 16.1 Å². The Kier molecular flexibility index (Phi) is 9.71. The van der Waals surface area contributed by atoms with Crippen LogP contribution in [0.3, 0.4) is 0 Å². The lowest BCUT2D eigenvalue weighted by atomic mass is 9.95. The van der Waals surface area contributed by atoms with Crippen LogP contribution >= 0.6 is 0 Å². The van der Waals surface area contributed by atoms with E-state index in [-0.39, 0.29) is 18.4 Å². The lowest BCUT2D eigenvalue weighted by molar-refractivity contribution is -0.146. The van der Waals surface area contributed by atoms with Crippen LogP contribution in [0.5, 0.6) is 0 Å². The summed E-state index contributed by atoms with van der Waals surface area (Å²) in [5.41, 5.74) is 4.23. The number of carbonyl (C=O) groups excluding carboxylic acids is 3. The highest BCUT2D eigenvalue weighted by Crippen LogP contribution is 2.13. The molecule has 3 N–H and O–H groups in total. The average molecular weight is 426 g/mol. The molecule has 0 spiro atoms. The third-order valence-corrected chi connectivity index (χ3v) is 4.66. The monoisotopic (exact) mass is 425 g/mol. The summed E-state index contributed by atoms with van der Waals surface area (Å²) in [5, 5.41) is 5.43. The fraction of sp³-hybridized carbons (Fsp3) is 0.375. The van der Waals surface area contributed by atoms with Crippen molar-refractivity contribution in [1.29, 1.82) is 0 Å². The molecule has 31 heavy (non-hydrogen) atoms. The van der Waals surface area contributed by atoms with Gasteiger partial charge in [-0.2, -0.15) is 0 Å². The van der Waals surface area contributed by atoms with E-state index in [4.69, 9.17) is 4.84 Å². The molecule has 2 aromatic carbocycles. The van der Waals surface area contributed by atoms with E-state index in [0.717, 1.165) is 11.1 Å². The molecule has 0 aliphatic rings. The van der Waals surface area contributed by atoms with Crippen molar-refractivity contribution in [2.24, 2.45) is 11.8 Å². The number of benzene rings is 2. The van der Waals surface area contributed by atoms with Gasteiger partial charge in [0.05, 0.1) is 6.61 Å². The van der Waals surface area contributed by atoms with Gasteiger partial charge in [0, 0.05) is 6.54 Å². The van der Waals surface area contributed by atoms with Gasteiger partial charge in [-0.3, -0.25) is 19.2 Å². The molecule has 0 bridgehead atoms. The summed E-state index contributed by atoms with van der Waals surface area (Å²) in [5.74, 6) is -2.20. The maximum atomic E-state index is 12.7. The number of hydroxylamine groups is 1. The molecule has 0 aliphatic heterocycles. The molecule has 0 fully saturated rings. The van der Waals surface area contributed by atoms with Gasteiger partial charge in [0.15, 0.2) is 0 Å². The van der Waals surface area contributed by atoms with E-state index < -0.39 is 23.8 Å². The summed E-state index contributed by atoms with van der Waals surface area (Å²) >= 11 is 0. The number of amides is 3. The molecule has 0 saturated heterocycles. The SMILES string of the molecule is CC(C)CC(C(=O)NOCc1ccccc1)C(=O)N[C@@H](C)C(=O)NCc1ccccc1. The quantitative estimate of drug-likeness (QED) is 0.381. The Morgan fingerprint density at radius 2 is 1.39 bits per heavy atom. The molecular weight excluding hydrogens is 394 g/mol. The molecule has 2 atom stereocenters. The molecule has 0 radical (unpaired) electrons. The summed E-state index contributed by atoms with van der Waals surface area (Å²) in [4.78, 5) is 42.9. The molecular formula is C24H31N3O4. The average Bonchev–Trinajstić information content (AvgIpc) is 2.76. The number of hydrogen-bond donors (Lipinski definition) is 3. The van der Waals surface area contributed by atoms with Crippen LogP contribution in [0.25, 0.3) is 0 Å². The predicted molar refractivity (Wildman–Crippen MR) is 118 cm³/mol. The highest BCUT2D eigenvalue weighted by molar-refractivity contribution is 6.01. The number of carbonyl (C=O) groups is 3. The summed E-state index contributed by atoms with van der Waals surface area (Å²) in [6, 6.07) is 18.1. The minimum atomic E-state index is -0.958. The van der Waals surface area contributed by atoms with Crippen LogP contribution in [0.1, 0.15) is 38.3 Å². The second-order valence-corrected chi connectivity index (χ2v) is 7.86. The van der Waals surface area contributed by atoms with Crippen molar-refractivity contribution in [3.05, 3.63) is 71.8 Å². The van der Waals surface area contributed by atoms with Gasteiger partial charge >= 0.3 is 0 Å². The third-order valence-electron chi connectivity index (χ3n) is 4.66.